The van der Waals surface area contributed by atoms with Gasteiger partial charge in [-0.05, 0) is 5.92 Å². The van der Waals surface area contributed by atoms with Crippen LogP contribution in [-0.2, 0) is 0 Å². The maximum Gasteiger partial charge on any atom is -0.0443 e. The molecular formula is C20H56. The molecule has 0 radical (unpaired) electrons. The number of hydrogen-bond donors (Lipinski definition) is 0. The van der Waals surface area contributed by atoms with E-state index in [0.29, 0.717) is 0 Å². The van der Waals surface area contributed by atoms with Crippen LogP contribution in [0.2, 0.25) is 0 Å². The zero-order chi connectivity index (χ0) is 17.7. The third-order valence-corrected chi connectivity index (χ3v) is 1.39. The van der Waals surface area contributed by atoms with Gasteiger partial charge in [0, 0.05) is 0 Å². The largest absolute Gasteiger partial charge is 0.0776 e. The van der Waals surface area contributed by atoms with Gasteiger partial charge in [0.05, 0.1) is 0 Å². The van der Waals surface area contributed by atoms with E-state index in [1.165, 1.54) is 19.3 Å². The molecule has 0 unspecified atom stereocenters. The molecule has 0 aromatic carbocycles. The first-order valence-corrected chi connectivity index (χ1v) is 9.39. The molecule has 0 aromatic heterocycles. The Morgan fingerprint density at radius 1 is 0.450 bits per heavy atom. The van der Waals surface area contributed by atoms with Crippen molar-refractivity contribution in [3.8, 4) is 0 Å². The Bertz CT molecular complexity index is 27.0. The first-order chi connectivity index (χ1) is 9.39. The van der Waals surface area contributed by atoms with Gasteiger partial charge < -0.3 is 0 Å². The van der Waals surface area contributed by atoms with Crippen molar-refractivity contribution in [3.05, 3.63) is 0 Å². The molecular weight excluding hydrogens is 240 g/mol. The van der Waals surface area contributed by atoms with E-state index in [4.69, 9.17) is 0 Å². The topological polar surface area (TPSA) is 0 Å². The summed E-state index contributed by atoms with van der Waals surface area (Å²) in [5.41, 5.74) is 0. The number of rotatable bonds is 0. The average Bonchev–Trinajstić information content (AvgIpc) is 2.58. The van der Waals surface area contributed by atoms with Crippen molar-refractivity contribution in [2.75, 3.05) is 0 Å². The Hall–Kier alpha value is 0. The molecule has 0 nitrogen and oxygen atoms in total. The quantitative estimate of drug-likeness (QED) is 0.417. The summed E-state index contributed by atoms with van der Waals surface area (Å²) in [6.07, 6.45) is 4.46. The Morgan fingerprint density at radius 2 is 0.550 bits per heavy atom. The zero-order valence-corrected chi connectivity index (χ0v) is 17.7. The molecule has 1 saturated carbocycles. The van der Waals surface area contributed by atoms with Crippen LogP contribution in [0.15, 0.2) is 0 Å². The third kappa shape index (κ3) is 144. The molecule has 0 bridgehead atoms. The number of hydrogen-bond acceptors (Lipinski definition) is 0. The lowest BCUT2D eigenvalue weighted by molar-refractivity contribution is 0.346. The second-order valence-corrected chi connectivity index (χ2v) is 2.04. The van der Waals surface area contributed by atoms with E-state index in [1.54, 1.807) is 0 Å². The minimum absolute atomic E-state index is 0. The molecule has 136 valence electrons. The van der Waals surface area contributed by atoms with Crippen LogP contribution < -0.4 is 0 Å². The third-order valence-electron chi connectivity index (χ3n) is 1.39. The van der Waals surface area contributed by atoms with Crippen molar-refractivity contribution < 1.29 is 0 Å². The maximum atomic E-state index is 2.31. The van der Waals surface area contributed by atoms with E-state index in [9.17, 15) is 0 Å². The summed E-state index contributed by atoms with van der Waals surface area (Å²) >= 11 is 0. The summed E-state index contributed by atoms with van der Waals surface area (Å²) in [5, 5.41) is 0. The average molecular weight is 297 g/mol. The highest BCUT2D eigenvalue weighted by molar-refractivity contribution is 4.62. The molecule has 0 spiro atoms. The highest BCUT2D eigenvalue weighted by Gasteiger charge is 2.09. The molecule has 1 rings (SSSR count). The molecule has 1 aliphatic carbocycles. The Balaban J connectivity index is -0.0000000144. The predicted molar refractivity (Wildman–Crippen MR) is 109 cm³/mol. The maximum absolute atomic E-state index is 2.31. The standard InChI is InChI=1S/C5H10.7C2H6.CH4/c1-5-3-2-4-5;7*1-2;/h5H,2-4H2,1H3;7*1-2H3;1H4. The van der Waals surface area contributed by atoms with Crippen LogP contribution >= 0.6 is 0 Å². The predicted octanol–water partition coefficient (Wildman–Crippen LogP) is 9.63. The van der Waals surface area contributed by atoms with E-state index in [0.717, 1.165) is 5.92 Å². The van der Waals surface area contributed by atoms with Gasteiger partial charge in [0.1, 0.15) is 0 Å². The van der Waals surface area contributed by atoms with Gasteiger partial charge in [0.2, 0.25) is 0 Å². The minimum Gasteiger partial charge on any atom is -0.0776 e. The second-order valence-electron chi connectivity index (χ2n) is 2.04. The van der Waals surface area contributed by atoms with Gasteiger partial charge in [-0.25, -0.2) is 0 Å². The van der Waals surface area contributed by atoms with E-state index in [1.807, 2.05) is 96.9 Å². The van der Waals surface area contributed by atoms with Crippen molar-refractivity contribution in [3.63, 3.8) is 0 Å². The molecule has 0 saturated heterocycles. The summed E-state index contributed by atoms with van der Waals surface area (Å²) in [7, 11) is 0. The molecule has 1 aliphatic rings. The summed E-state index contributed by atoms with van der Waals surface area (Å²) in [6.45, 7) is 30.3. The van der Waals surface area contributed by atoms with Gasteiger partial charge in [-0.1, -0.05) is 131 Å². The van der Waals surface area contributed by atoms with E-state index in [-0.39, 0.29) is 7.43 Å². The zero-order valence-electron chi connectivity index (χ0n) is 17.7. The minimum atomic E-state index is 0. The SMILES string of the molecule is C.CC.CC.CC.CC.CC.CC.CC.CC1CCC1. The Morgan fingerprint density at radius 3 is 0.550 bits per heavy atom. The molecule has 20 heavy (non-hydrogen) atoms. The molecule has 0 aliphatic heterocycles. The van der Waals surface area contributed by atoms with Crippen LogP contribution in [0.5, 0.6) is 0 Å². The van der Waals surface area contributed by atoms with Crippen molar-refractivity contribution in [1.82, 2.24) is 0 Å². The molecule has 0 atom stereocenters. The van der Waals surface area contributed by atoms with Crippen LogP contribution in [0.1, 0.15) is 131 Å². The fraction of sp³-hybridized carbons (Fsp3) is 1.00. The summed E-state index contributed by atoms with van der Waals surface area (Å²) in [6, 6.07) is 0. The highest BCUT2D eigenvalue weighted by atomic mass is 14.1. The molecule has 0 N–H and O–H groups in total. The van der Waals surface area contributed by atoms with E-state index < -0.39 is 0 Å². The van der Waals surface area contributed by atoms with Crippen LogP contribution in [0, 0.1) is 5.92 Å². The van der Waals surface area contributed by atoms with Crippen LogP contribution in [0.4, 0.5) is 0 Å². The fourth-order valence-electron chi connectivity index (χ4n) is 0.612. The lowest BCUT2D eigenvalue weighted by atomic mass is 9.88. The van der Waals surface area contributed by atoms with Crippen LogP contribution in [0.3, 0.4) is 0 Å². The lowest BCUT2D eigenvalue weighted by Crippen LogP contribution is -2.04. The lowest BCUT2D eigenvalue weighted by Gasteiger charge is -2.18. The fourth-order valence-corrected chi connectivity index (χ4v) is 0.612. The first-order valence-electron chi connectivity index (χ1n) is 9.39. The monoisotopic (exact) mass is 296 g/mol. The summed E-state index contributed by atoms with van der Waals surface area (Å²) in [4.78, 5) is 0. The summed E-state index contributed by atoms with van der Waals surface area (Å²) in [5.74, 6) is 1.06. The van der Waals surface area contributed by atoms with Gasteiger partial charge in [-0.3, -0.25) is 0 Å². The van der Waals surface area contributed by atoms with Gasteiger partial charge in [-0.15, -0.1) is 0 Å². The van der Waals surface area contributed by atoms with Crippen LogP contribution in [-0.4, -0.2) is 0 Å². The van der Waals surface area contributed by atoms with Crippen molar-refractivity contribution in [2.24, 2.45) is 5.92 Å². The van der Waals surface area contributed by atoms with Gasteiger partial charge in [-0.2, -0.15) is 0 Å². The van der Waals surface area contributed by atoms with E-state index in [2.05, 4.69) is 6.92 Å². The van der Waals surface area contributed by atoms with Crippen molar-refractivity contribution >= 4 is 0 Å². The van der Waals surface area contributed by atoms with Gasteiger partial charge in [0.15, 0.2) is 0 Å². The molecule has 0 heterocycles. The van der Waals surface area contributed by atoms with Crippen molar-refractivity contribution in [1.29, 1.82) is 0 Å². The Labute approximate surface area is 137 Å². The normalized spacial score (nSPS) is 8.55. The molecule has 1 fully saturated rings. The van der Waals surface area contributed by atoms with Crippen molar-refractivity contribution in [2.45, 2.75) is 131 Å². The molecule has 0 aromatic rings. The summed E-state index contributed by atoms with van der Waals surface area (Å²) < 4.78 is 0. The smallest absolute Gasteiger partial charge is 0.0443 e. The molecule has 0 heteroatoms. The van der Waals surface area contributed by atoms with Crippen LogP contribution in [0.25, 0.3) is 0 Å². The highest BCUT2D eigenvalue weighted by Crippen LogP contribution is 2.24. The van der Waals surface area contributed by atoms with Gasteiger partial charge in [0.25, 0.3) is 0 Å². The van der Waals surface area contributed by atoms with E-state index >= 15 is 0 Å². The second kappa shape index (κ2) is 171. The van der Waals surface area contributed by atoms with Gasteiger partial charge >= 0.3 is 0 Å². The molecule has 0 amide bonds. The first kappa shape index (κ1) is 50.1. The Kier molecular flexibility index (Phi) is 429.